The first kappa shape index (κ1) is 23.0. The molecule has 26 heavy (non-hydrogen) atoms. The Bertz CT molecular complexity index is 478. The van der Waals surface area contributed by atoms with E-state index in [0.29, 0.717) is 6.61 Å². The topological polar surface area (TPSA) is 46.5 Å². The quantitative estimate of drug-likeness (QED) is 0.356. The van der Waals surface area contributed by atoms with Gasteiger partial charge in [0.2, 0.25) is 0 Å². The van der Waals surface area contributed by atoms with Crippen molar-refractivity contribution in [1.82, 2.24) is 0 Å². The Morgan fingerprint density at radius 3 is 2.27 bits per heavy atom. The van der Waals surface area contributed by atoms with Crippen molar-refractivity contribution in [2.24, 2.45) is 11.3 Å². The van der Waals surface area contributed by atoms with E-state index in [1.807, 2.05) is 0 Å². The third kappa shape index (κ3) is 6.26. The van der Waals surface area contributed by atoms with E-state index in [4.69, 9.17) is 4.74 Å². The van der Waals surface area contributed by atoms with Crippen LogP contribution in [-0.2, 0) is 9.53 Å². The van der Waals surface area contributed by atoms with E-state index in [1.165, 1.54) is 43.3 Å². The predicted octanol–water partition coefficient (Wildman–Crippen LogP) is 6.54. The summed E-state index contributed by atoms with van der Waals surface area (Å²) >= 11 is 0. The molecule has 0 heterocycles. The molecule has 1 aliphatic carbocycles. The van der Waals surface area contributed by atoms with Gasteiger partial charge in [0.1, 0.15) is 0 Å². The molecule has 0 amide bonds. The fourth-order valence-electron chi connectivity index (χ4n) is 4.31. The first-order chi connectivity index (χ1) is 12.6. The molecule has 3 heteroatoms. The maximum atomic E-state index is 12.5. The van der Waals surface area contributed by atoms with Crippen molar-refractivity contribution >= 4 is 5.97 Å². The van der Waals surface area contributed by atoms with Gasteiger partial charge in [-0.15, -0.1) is 0 Å². The highest BCUT2D eigenvalue weighted by molar-refractivity contribution is 5.79. The molecule has 2 atom stereocenters. The number of rotatable bonds is 14. The van der Waals surface area contributed by atoms with Gasteiger partial charge in [-0.05, 0) is 25.7 Å². The highest BCUT2D eigenvalue weighted by Crippen LogP contribution is 2.47. The fraction of sp³-hybridized carbons (Fsp3) is 0.783. The van der Waals surface area contributed by atoms with Crippen molar-refractivity contribution < 1.29 is 14.6 Å². The molecule has 3 nitrogen and oxygen atoms in total. The maximum Gasteiger partial charge on any atom is 0.314 e. The third-order valence-corrected chi connectivity index (χ3v) is 5.90. The van der Waals surface area contributed by atoms with Crippen molar-refractivity contribution in [3.8, 4) is 0 Å². The monoisotopic (exact) mass is 364 g/mol. The van der Waals surface area contributed by atoms with Crippen LogP contribution in [0.3, 0.4) is 0 Å². The number of hydrogen-bond acceptors (Lipinski definition) is 2. The lowest BCUT2D eigenvalue weighted by molar-refractivity contribution is -0.149. The molecule has 0 radical (unpaired) electrons. The van der Waals surface area contributed by atoms with Gasteiger partial charge in [-0.2, -0.15) is 0 Å². The molecule has 0 aliphatic heterocycles. The number of methoxy groups -OCH3 is 1. The summed E-state index contributed by atoms with van der Waals surface area (Å²) in [5.41, 5.74) is 1.71. The average molecular weight is 365 g/mol. The minimum Gasteiger partial charge on any atom is -0.481 e. The molecule has 0 spiro atoms. The fourth-order valence-corrected chi connectivity index (χ4v) is 4.31. The van der Waals surface area contributed by atoms with Gasteiger partial charge >= 0.3 is 5.97 Å². The van der Waals surface area contributed by atoms with Gasteiger partial charge in [-0.3, -0.25) is 4.79 Å². The van der Waals surface area contributed by atoms with Crippen LogP contribution in [0.2, 0.25) is 0 Å². The van der Waals surface area contributed by atoms with E-state index in [1.54, 1.807) is 7.11 Å². The predicted molar refractivity (Wildman–Crippen MR) is 109 cm³/mol. The Morgan fingerprint density at radius 1 is 1.08 bits per heavy atom. The highest BCUT2D eigenvalue weighted by atomic mass is 16.5. The number of carbonyl (C=O) groups is 1. The van der Waals surface area contributed by atoms with Crippen LogP contribution in [0, 0.1) is 11.3 Å². The van der Waals surface area contributed by atoms with Crippen LogP contribution in [0.5, 0.6) is 0 Å². The summed E-state index contributed by atoms with van der Waals surface area (Å²) in [5, 5.41) is 10.2. The first-order valence-corrected chi connectivity index (χ1v) is 10.7. The molecule has 1 N–H and O–H groups in total. The minimum absolute atomic E-state index is 0.0559. The molecule has 0 aromatic rings. The second-order valence-corrected chi connectivity index (χ2v) is 7.70. The molecule has 0 aromatic heterocycles. The Kier molecular flexibility index (Phi) is 10.9. The summed E-state index contributed by atoms with van der Waals surface area (Å²) in [4.78, 5) is 12.5. The standard InChI is InChI=1S/C23H40O3/c1-5-8-9-10-11-12-13-15-23(22(24)25)18-19(6-2)17-20(7-3)21(23)14-16-26-4/h17-18,21H,5-16H2,1-4H3,(H,24,25). The zero-order valence-corrected chi connectivity index (χ0v) is 17.5. The Labute approximate surface area is 160 Å². The van der Waals surface area contributed by atoms with Crippen molar-refractivity contribution in [1.29, 1.82) is 0 Å². The van der Waals surface area contributed by atoms with Gasteiger partial charge < -0.3 is 9.84 Å². The van der Waals surface area contributed by atoms with E-state index < -0.39 is 11.4 Å². The first-order valence-electron chi connectivity index (χ1n) is 10.7. The number of ether oxygens (including phenoxy) is 1. The third-order valence-electron chi connectivity index (χ3n) is 5.90. The molecule has 0 saturated carbocycles. The Hall–Kier alpha value is -1.09. The summed E-state index contributed by atoms with van der Waals surface area (Å²) in [6, 6.07) is 0. The summed E-state index contributed by atoms with van der Waals surface area (Å²) in [7, 11) is 1.70. The van der Waals surface area contributed by atoms with Crippen molar-refractivity contribution in [3.63, 3.8) is 0 Å². The van der Waals surface area contributed by atoms with Gasteiger partial charge in [0.25, 0.3) is 0 Å². The Balaban J connectivity index is 2.88. The highest BCUT2D eigenvalue weighted by Gasteiger charge is 2.46. The molecule has 1 rings (SSSR count). The van der Waals surface area contributed by atoms with Crippen LogP contribution in [0.4, 0.5) is 0 Å². The molecule has 0 aromatic carbocycles. The van der Waals surface area contributed by atoms with Gasteiger partial charge in [0.05, 0.1) is 5.41 Å². The van der Waals surface area contributed by atoms with Crippen molar-refractivity contribution in [2.75, 3.05) is 13.7 Å². The number of allylic oxidation sites excluding steroid dienone is 3. The SMILES string of the molecule is CCCCCCCCCC1(C(=O)O)C=C(CC)C=C(CC)C1CCOC. The van der Waals surface area contributed by atoms with Crippen LogP contribution in [-0.4, -0.2) is 24.8 Å². The maximum absolute atomic E-state index is 12.5. The summed E-state index contributed by atoms with van der Waals surface area (Å²) in [6.45, 7) is 7.11. The van der Waals surface area contributed by atoms with E-state index in [2.05, 4.69) is 32.9 Å². The summed E-state index contributed by atoms with van der Waals surface area (Å²) in [6.07, 6.45) is 16.2. The zero-order chi connectivity index (χ0) is 19.4. The van der Waals surface area contributed by atoms with E-state index >= 15 is 0 Å². The molecule has 150 valence electrons. The average Bonchev–Trinajstić information content (AvgIpc) is 2.65. The van der Waals surface area contributed by atoms with Gasteiger partial charge in [0, 0.05) is 19.6 Å². The second kappa shape index (κ2) is 12.3. The van der Waals surface area contributed by atoms with Crippen LogP contribution in [0.1, 0.15) is 91.4 Å². The molecule has 1 aliphatic rings. The lowest BCUT2D eigenvalue weighted by atomic mass is 9.63. The summed E-state index contributed by atoms with van der Waals surface area (Å²) < 4.78 is 5.30. The van der Waals surface area contributed by atoms with E-state index in [0.717, 1.165) is 38.5 Å². The van der Waals surface area contributed by atoms with Crippen LogP contribution < -0.4 is 0 Å². The van der Waals surface area contributed by atoms with Crippen LogP contribution in [0.25, 0.3) is 0 Å². The lowest BCUT2D eigenvalue weighted by Crippen LogP contribution is -2.40. The van der Waals surface area contributed by atoms with Gasteiger partial charge in [-0.1, -0.05) is 89.0 Å². The number of hydrogen-bond donors (Lipinski definition) is 1. The number of unbranched alkanes of at least 4 members (excludes halogenated alkanes) is 6. The van der Waals surface area contributed by atoms with Crippen LogP contribution in [0.15, 0.2) is 23.3 Å². The number of aliphatic carboxylic acids is 1. The van der Waals surface area contributed by atoms with Crippen molar-refractivity contribution in [2.45, 2.75) is 91.4 Å². The second-order valence-electron chi connectivity index (χ2n) is 7.70. The van der Waals surface area contributed by atoms with Crippen LogP contribution >= 0.6 is 0 Å². The van der Waals surface area contributed by atoms with Gasteiger partial charge in [-0.25, -0.2) is 0 Å². The normalized spacial score (nSPS) is 22.8. The lowest BCUT2D eigenvalue weighted by Gasteiger charge is -2.40. The number of carboxylic acid groups (broad SMARTS) is 1. The van der Waals surface area contributed by atoms with Gasteiger partial charge in [0.15, 0.2) is 0 Å². The Morgan fingerprint density at radius 2 is 1.73 bits per heavy atom. The number of carboxylic acids is 1. The largest absolute Gasteiger partial charge is 0.481 e. The summed E-state index contributed by atoms with van der Waals surface area (Å²) in [5.74, 6) is -0.602. The van der Waals surface area contributed by atoms with E-state index in [-0.39, 0.29) is 5.92 Å². The van der Waals surface area contributed by atoms with E-state index in [9.17, 15) is 9.90 Å². The van der Waals surface area contributed by atoms with Crippen molar-refractivity contribution in [3.05, 3.63) is 23.3 Å². The molecule has 0 fully saturated rings. The minimum atomic E-state index is -0.757. The molecular formula is C23H40O3. The smallest absolute Gasteiger partial charge is 0.314 e. The molecule has 2 unspecified atom stereocenters. The molecule has 0 bridgehead atoms. The zero-order valence-electron chi connectivity index (χ0n) is 17.5. The molecule has 0 saturated heterocycles. The molecular weight excluding hydrogens is 324 g/mol.